The van der Waals surface area contributed by atoms with Crippen LogP contribution in [0.25, 0.3) is 0 Å². The van der Waals surface area contributed by atoms with Crippen molar-refractivity contribution < 1.29 is 14.3 Å². The topological polar surface area (TPSA) is 55.4 Å². The van der Waals surface area contributed by atoms with Crippen LogP contribution in [0.5, 0.6) is 5.75 Å². The number of hydrogen-bond donors (Lipinski definition) is 1. The van der Waals surface area contributed by atoms with Gasteiger partial charge in [0.1, 0.15) is 5.75 Å². The second kappa shape index (κ2) is 7.41. The van der Waals surface area contributed by atoms with Gasteiger partial charge in [0.2, 0.25) is 0 Å². The molecule has 4 heteroatoms. The lowest BCUT2D eigenvalue weighted by atomic mass is 10.1. The number of benzene rings is 2. The highest BCUT2D eigenvalue weighted by Crippen LogP contribution is 2.18. The van der Waals surface area contributed by atoms with Gasteiger partial charge < -0.3 is 10.1 Å². The van der Waals surface area contributed by atoms with Gasteiger partial charge in [-0.3, -0.25) is 9.59 Å². The van der Waals surface area contributed by atoms with Crippen molar-refractivity contribution >= 4 is 17.4 Å². The Balaban J connectivity index is 1.91. The van der Waals surface area contributed by atoms with Crippen molar-refractivity contribution in [1.29, 1.82) is 0 Å². The van der Waals surface area contributed by atoms with Gasteiger partial charge in [-0.15, -0.1) is 0 Å². The van der Waals surface area contributed by atoms with Crippen LogP contribution in [0.15, 0.2) is 48.5 Å². The van der Waals surface area contributed by atoms with Gasteiger partial charge in [-0.25, -0.2) is 0 Å². The Hall–Kier alpha value is -2.62. The molecular formula is C18H19NO3. The quantitative estimate of drug-likeness (QED) is 0.831. The molecule has 2 aromatic carbocycles. The van der Waals surface area contributed by atoms with Gasteiger partial charge in [-0.05, 0) is 49.2 Å². The van der Waals surface area contributed by atoms with Crippen LogP contribution in [-0.4, -0.2) is 18.3 Å². The zero-order chi connectivity index (χ0) is 15.9. The standard InChI is InChI=1S/C18H19NO3/c1-3-14-6-4-5-7-17(14)22-12-18(21)19-16-10-8-15(9-11-16)13(2)20/h4-11H,3,12H2,1-2H3,(H,19,21). The van der Waals surface area contributed by atoms with E-state index in [4.69, 9.17) is 4.74 Å². The SMILES string of the molecule is CCc1ccccc1OCC(=O)Nc1ccc(C(C)=O)cc1. The van der Waals surface area contributed by atoms with E-state index in [1.807, 2.05) is 31.2 Å². The zero-order valence-electron chi connectivity index (χ0n) is 12.8. The summed E-state index contributed by atoms with van der Waals surface area (Å²) in [5.74, 6) is 0.492. The molecular weight excluding hydrogens is 278 g/mol. The first-order valence-corrected chi connectivity index (χ1v) is 7.21. The summed E-state index contributed by atoms with van der Waals surface area (Å²) in [6.45, 7) is 3.50. The average Bonchev–Trinajstić information content (AvgIpc) is 2.53. The predicted octanol–water partition coefficient (Wildman–Crippen LogP) is 3.47. The molecule has 0 bridgehead atoms. The summed E-state index contributed by atoms with van der Waals surface area (Å²) in [5.41, 5.74) is 2.33. The lowest BCUT2D eigenvalue weighted by molar-refractivity contribution is -0.118. The van der Waals surface area contributed by atoms with Gasteiger partial charge in [0.15, 0.2) is 12.4 Å². The Labute approximate surface area is 130 Å². The summed E-state index contributed by atoms with van der Waals surface area (Å²) >= 11 is 0. The fraction of sp³-hybridized carbons (Fsp3) is 0.222. The molecule has 1 N–H and O–H groups in total. The molecule has 0 aliphatic rings. The number of ether oxygens (including phenoxy) is 1. The highest BCUT2D eigenvalue weighted by Gasteiger charge is 2.06. The third kappa shape index (κ3) is 4.19. The molecule has 0 saturated heterocycles. The second-order valence-corrected chi connectivity index (χ2v) is 4.93. The molecule has 2 aromatic rings. The molecule has 0 aliphatic heterocycles. The third-order valence-corrected chi connectivity index (χ3v) is 3.29. The molecule has 114 valence electrons. The van der Waals surface area contributed by atoms with Gasteiger partial charge in [-0.2, -0.15) is 0 Å². The largest absolute Gasteiger partial charge is 0.483 e. The molecule has 0 spiro atoms. The van der Waals surface area contributed by atoms with Crippen LogP contribution >= 0.6 is 0 Å². The van der Waals surface area contributed by atoms with E-state index in [0.29, 0.717) is 11.3 Å². The maximum absolute atomic E-state index is 11.9. The van der Waals surface area contributed by atoms with Crippen LogP contribution in [0, 0.1) is 0 Å². The van der Waals surface area contributed by atoms with E-state index in [9.17, 15) is 9.59 Å². The lowest BCUT2D eigenvalue weighted by Crippen LogP contribution is -2.20. The molecule has 2 rings (SSSR count). The molecule has 0 saturated carbocycles. The Morgan fingerprint density at radius 2 is 1.73 bits per heavy atom. The number of carbonyl (C=O) groups is 2. The second-order valence-electron chi connectivity index (χ2n) is 4.93. The number of aryl methyl sites for hydroxylation is 1. The summed E-state index contributed by atoms with van der Waals surface area (Å²) in [6.07, 6.45) is 0.851. The Bertz CT molecular complexity index is 662. The molecule has 4 nitrogen and oxygen atoms in total. The first-order valence-electron chi connectivity index (χ1n) is 7.21. The van der Waals surface area contributed by atoms with Crippen LogP contribution in [-0.2, 0) is 11.2 Å². The molecule has 0 radical (unpaired) electrons. The van der Waals surface area contributed by atoms with E-state index in [1.54, 1.807) is 24.3 Å². The molecule has 1 amide bonds. The minimum absolute atomic E-state index is 0.00242. The molecule has 0 unspecified atom stereocenters. The monoisotopic (exact) mass is 297 g/mol. The van der Waals surface area contributed by atoms with E-state index < -0.39 is 0 Å². The predicted molar refractivity (Wildman–Crippen MR) is 86.4 cm³/mol. The van der Waals surface area contributed by atoms with Crippen molar-refractivity contribution in [2.24, 2.45) is 0 Å². The summed E-state index contributed by atoms with van der Waals surface area (Å²) in [4.78, 5) is 23.1. The van der Waals surface area contributed by atoms with E-state index >= 15 is 0 Å². The van der Waals surface area contributed by atoms with Crippen molar-refractivity contribution in [3.8, 4) is 5.75 Å². The number of para-hydroxylation sites is 1. The molecule has 0 aromatic heterocycles. The maximum Gasteiger partial charge on any atom is 0.262 e. The maximum atomic E-state index is 11.9. The molecule has 0 fully saturated rings. The molecule has 22 heavy (non-hydrogen) atoms. The van der Waals surface area contributed by atoms with Crippen LogP contribution in [0.2, 0.25) is 0 Å². The summed E-state index contributed by atoms with van der Waals surface area (Å²) < 4.78 is 5.56. The van der Waals surface area contributed by atoms with Crippen molar-refractivity contribution in [3.63, 3.8) is 0 Å². The van der Waals surface area contributed by atoms with Gasteiger partial charge in [0.05, 0.1) is 0 Å². The summed E-state index contributed by atoms with van der Waals surface area (Å²) in [6, 6.07) is 14.4. The van der Waals surface area contributed by atoms with E-state index in [1.165, 1.54) is 6.92 Å². The van der Waals surface area contributed by atoms with Crippen LogP contribution in [0.4, 0.5) is 5.69 Å². The molecule has 0 heterocycles. The lowest BCUT2D eigenvalue weighted by Gasteiger charge is -2.10. The first kappa shape index (κ1) is 15.8. The fourth-order valence-corrected chi connectivity index (χ4v) is 2.07. The number of anilines is 1. The van der Waals surface area contributed by atoms with Crippen LogP contribution < -0.4 is 10.1 Å². The first-order chi connectivity index (χ1) is 10.6. The number of rotatable bonds is 6. The normalized spacial score (nSPS) is 10.1. The fourth-order valence-electron chi connectivity index (χ4n) is 2.07. The number of carbonyl (C=O) groups excluding carboxylic acids is 2. The number of hydrogen-bond acceptors (Lipinski definition) is 3. The zero-order valence-corrected chi connectivity index (χ0v) is 12.8. The van der Waals surface area contributed by atoms with Gasteiger partial charge >= 0.3 is 0 Å². The van der Waals surface area contributed by atoms with E-state index in [2.05, 4.69) is 5.32 Å². The van der Waals surface area contributed by atoms with E-state index in [-0.39, 0.29) is 18.3 Å². The van der Waals surface area contributed by atoms with Crippen molar-refractivity contribution in [3.05, 3.63) is 59.7 Å². The van der Waals surface area contributed by atoms with Gasteiger partial charge in [0.25, 0.3) is 5.91 Å². The van der Waals surface area contributed by atoms with Crippen molar-refractivity contribution in [1.82, 2.24) is 0 Å². The highest BCUT2D eigenvalue weighted by atomic mass is 16.5. The third-order valence-electron chi connectivity index (χ3n) is 3.29. The van der Waals surface area contributed by atoms with Crippen LogP contribution in [0.3, 0.4) is 0 Å². The molecule has 0 aliphatic carbocycles. The van der Waals surface area contributed by atoms with E-state index in [0.717, 1.165) is 17.7 Å². The van der Waals surface area contributed by atoms with Gasteiger partial charge in [-0.1, -0.05) is 25.1 Å². The minimum Gasteiger partial charge on any atom is -0.483 e. The number of nitrogens with one attached hydrogen (secondary N) is 1. The Morgan fingerprint density at radius 1 is 1.05 bits per heavy atom. The van der Waals surface area contributed by atoms with Crippen LogP contribution in [0.1, 0.15) is 29.8 Å². The smallest absolute Gasteiger partial charge is 0.262 e. The van der Waals surface area contributed by atoms with Crippen molar-refractivity contribution in [2.45, 2.75) is 20.3 Å². The number of ketones is 1. The highest BCUT2D eigenvalue weighted by molar-refractivity contribution is 5.95. The summed E-state index contributed by atoms with van der Waals surface area (Å²) in [7, 11) is 0. The summed E-state index contributed by atoms with van der Waals surface area (Å²) in [5, 5.41) is 2.74. The number of amides is 1. The van der Waals surface area contributed by atoms with Crippen molar-refractivity contribution in [2.75, 3.05) is 11.9 Å². The van der Waals surface area contributed by atoms with Gasteiger partial charge in [0, 0.05) is 11.3 Å². The Kier molecular flexibility index (Phi) is 5.31. The average molecular weight is 297 g/mol. The minimum atomic E-state index is -0.235. The number of Topliss-reactive ketones (excluding diaryl/α,β-unsaturated/α-hetero) is 1. The molecule has 0 atom stereocenters. The Morgan fingerprint density at radius 3 is 2.36 bits per heavy atom.